The Balaban J connectivity index is 1.50. The second-order valence-corrected chi connectivity index (χ2v) is 6.85. The molecular formula is C19H18ClN3O3. The van der Waals surface area contributed by atoms with E-state index in [9.17, 15) is 9.59 Å². The highest BCUT2D eigenvalue weighted by molar-refractivity contribution is 6.30. The Morgan fingerprint density at radius 2 is 2.04 bits per heavy atom. The molecule has 2 amide bonds. The minimum Gasteiger partial charge on any atom is -0.448 e. The molecule has 0 spiro atoms. The third-order valence-electron chi connectivity index (χ3n) is 4.76. The summed E-state index contributed by atoms with van der Waals surface area (Å²) in [5.41, 5.74) is 3.43. The maximum absolute atomic E-state index is 12.8. The average molecular weight is 372 g/mol. The molecule has 6 nitrogen and oxygen atoms in total. The van der Waals surface area contributed by atoms with Gasteiger partial charge in [-0.2, -0.15) is 0 Å². The Hall–Kier alpha value is -2.60. The molecule has 2 aliphatic rings. The standard InChI is InChI=1S/C19H18ClN3O3/c20-15-1-2-17-14(10-15)4-6-23(18(17)24)16-9-13(11-21-12-16)3-5-22-7-8-26-19(22)25/h1-2,9-12H,3-8H2. The molecule has 2 aliphatic heterocycles. The van der Waals surface area contributed by atoms with E-state index in [0.29, 0.717) is 43.2 Å². The van der Waals surface area contributed by atoms with Gasteiger partial charge in [0.1, 0.15) is 6.61 Å². The summed E-state index contributed by atoms with van der Waals surface area (Å²) in [7, 11) is 0. The molecule has 1 aromatic heterocycles. The number of anilines is 1. The summed E-state index contributed by atoms with van der Waals surface area (Å²) in [6.45, 7) is 2.24. The lowest BCUT2D eigenvalue weighted by Gasteiger charge is -2.28. The number of pyridine rings is 1. The van der Waals surface area contributed by atoms with E-state index in [0.717, 1.165) is 23.2 Å². The molecule has 7 heteroatoms. The molecular weight excluding hydrogens is 354 g/mol. The number of rotatable bonds is 4. The fraction of sp³-hybridized carbons (Fsp3) is 0.316. The van der Waals surface area contributed by atoms with Gasteiger partial charge in [-0.25, -0.2) is 4.79 Å². The molecule has 1 aromatic carbocycles. The van der Waals surface area contributed by atoms with Crippen LogP contribution in [0.1, 0.15) is 21.5 Å². The van der Waals surface area contributed by atoms with Gasteiger partial charge >= 0.3 is 6.09 Å². The maximum atomic E-state index is 12.8. The van der Waals surface area contributed by atoms with Crippen molar-refractivity contribution >= 4 is 29.3 Å². The van der Waals surface area contributed by atoms with Gasteiger partial charge in [0.05, 0.1) is 18.4 Å². The van der Waals surface area contributed by atoms with Crippen molar-refractivity contribution in [3.63, 3.8) is 0 Å². The van der Waals surface area contributed by atoms with Gasteiger partial charge in [-0.3, -0.25) is 9.78 Å². The van der Waals surface area contributed by atoms with Crippen molar-refractivity contribution in [3.05, 3.63) is 58.4 Å². The van der Waals surface area contributed by atoms with Crippen molar-refractivity contribution in [2.24, 2.45) is 0 Å². The predicted octanol–water partition coefficient (Wildman–Crippen LogP) is 2.93. The molecule has 0 radical (unpaired) electrons. The number of carbonyl (C=O) groups is 2. The van der Waals surface area contributed by atoms with Crippen LogP contribution in [-0.2, 0) is 17.6 Å². The van der Waals surface area contributed by atoms with E-state index in [2.05, 4.69) is 4.98 Å². The Morgan fingerprint density at radius 3 is 2.85 bits per heavy atom. The van der Waals surface area contributed by atoms with Gasteiger partial charge in [-0.1, -0.05) is 11.6 Å². The minimum atomic E-state index is -0.268. The van der Waals surface area contributed by atoms with Gasteiger partial charge < -0.3 is 14.5 Å². The lowest BCUT2D eigenvalue weighted by molar-refractivity contribution is 0.0980. The Labute approximate surface area is 156 Å². The number of aromatic nitrogens is 1. The minimum absolute atomic E-state index is 0.0370. The molecule has 1 fully saturated rings. The molecule has 2 aromatic rings. The molecule has 26 heavy (non-hydrogen) atoms. The number of ether oxygens (including phenoxy) is 1. The van der Waals surface area contributed by atoms with E-state index in [1.807, 2.05) is 12.1 Å². The second-order valence-electron chi connectivity index (χ2n) is 6.41. The lowest BCUT2D eigenvalue weighted by Crippen LogP contribution is -2.37. The van der Waals surface area contributed by atoms with E-state index in [1.54, 1.807) is 34.3 Å². The molecule has 0 N–H and O–H groups in total. The first-order chi connectivity index (χ1) is 12.6. The Bertz CT molecular complexity index is 871. The number of fused-ring (bicyclic) bond motifs is 1. The zero-order valence-electron chi connectivity index (χ0n) is 14.2. The summed E-state index contributed by atoms with van der Waals surface area (Å²) in [4.78, 5) is 32.1. The third kappa shape index (κ3) is 3.24. The van der Waals surface area contributed by atoms with Gasteiger partial charge in [0, 0.05) is 29.9 Å². The Kier molecular flexibility index (Phi) is 4.51. The first-order valence-corrected chi connectivity index (χ1v) is 8.95. The maximum Gasteiger partial charge on any atom is 0.409 e. The van der Waals surface area contributed by atoms with Crippen LogP contribution >= 0.6 is 11.6 Å². The van der Waals surface area contributed by atoms with Crippen LogP contribution in [0, 0.1) is 0 Å². The largest absolute Gasteiger partial charge is 0.448 e. The number of cyclic esters (lactones) is 1. The van der Waals surface area contributed by atoms with Crippen molar-refractivity contribution in [2.75, 3.05) is 31.1 Å². The molecule has 134 valence electrons. The van der Waals surface area contributed by atoms with Crippen molar-refractivity contribution < 1.29 is 14.3 Å². The number of benzene rings is 1. The van der Waals surface area contributed by atoms with Gasteiger partial charge in [0.2, 0.25) is 0 Å². The Morgan fingerprint density at radius 1 is 1.15 bits per heavy atom. The monoisotopic (exact) mass is 371 g/mol. The molecule has 1 saturated heterocycles. The zero-order chi connectivity index (χ0) is 18.1. The summed E-state index contributed by atoms with van der Waals surface area (Å²) in [6, 6.07) is 7.34. The molecule has 4 rings (SSSR count). The van der Waals surface area contributed by atoms with Gasteiger partial charge in [0.25, 0.3) is 5.91 Å². The van der Waals surface area contributed by atoms with Crippen molar-refractivity contribution in [3.8, 4) is 0 Å². The molecule has 0 bridgehead atoms. The van der Waals surface area contributed by atoms with E-state index in [4.69, 9.17) is 16.3 Å². The van der Waals surface area contributed by atoms with E-state index >= 15 is 0 Å². The molecule has 0 saturated carbocycles. The van der Waals surface area contributed by atoms with Crippen LogP contribution in [0.4, 0.5) is 10.5 Å². The van der Waals surface area contributed by atoms with E-state index in [-0.39, 0.29) is 12.0 Å². The number of hydrogen-bond acceptors (Lipinski definition) is 4. The highest BCUT2D eigenvalue weighted by Gasteiger charge is 2.26. The van der Waals surface area contributed by atoms with Gasteiger partial charge in [-0.15, -0.1) is 0 Å². The highest BCUT2D eigenvalue weighted by Crippen LogP contribution is 2.26. The highest BCUT2D eigenvalue weighted by atomic mass is 35.5. The van der Waals surface area contributed by atoms with Crippen LogP contribution in [0.25, 0.3) is 0 Å². The first kappa shape index (κ1) is 16.8. The van der Waals surface area contributed by atoms with Crippen LogP contribution in [0.5, 0.6) is 0 Å². The average Bonchev–Trinajstić information content (AvgIpc) is 3.05. The zero-order valence-corrected chi connectivity index (χ0v) is 14.9. The molecule has 3 heterocycles. The summed E-state index contributed by atoms with van der Waals surface area (Å²) >= 11 is 6.03. The normalized spacial score (nSPS) is 16.7. The predicted molar refractivity (Wildman–Crippen MR) is 97.7 cm³/mol. The molecule has 0 atom stereocenters. The summed E-state index contributed by atoms with van der Waals surface area (Å²) in [5, 5.41) is 0.647. The lowest BCUT2D eigenvalue weighted by atomic mass is 9.98. The van der Waals surface area contributed by atoms with Crippen LogP contribution in [-0.4, -0.2) is 48.1 Å². The third-order valence-corrected chi connectivity index (χ3v) is 4.99. The van der Waals surface area contributed by atoms with Crippen molar-refractivity contribution in [2.45, 2.75) is 12.8 Å². The smallest absolute Gasteiger partial charge is 0.409 e. The molecule has 0 unspecified atom stereocenters. The van der Waals surface area contributed by atoms with E-state index in [1.165, 1.54) is 0 Å². The van der Waals surface area contributed by atoms with Gasteiger partial charge in [0.15, 0.2) is 0 Å². The van der Waals surface area contributed by atoms with Crippen LogP contribution in [0.15, 0.2) is 36.7 Å². The number of carbonyl (C=O) groups excluding carboxylic acids is 2. The second kappa shape index (κ2) is 6.96. The van der Waals surface area contributed by atoms with E-state index < -0.39 is 0 Å². The fourth-order valence-corrected chi connectivity index (χ4v) is 3.55. The summed E-state index contributed by atoms with van der Waals surface area (Å²) in [5.74, 6) is -0.0370. The number of hydrogen-bond donors (Lipinski definition) is 0. The first-order valence-electron chi connectivity index (χ1n) is 8.58. The quantitative estimate of drug-likeness (QED) is 0.829. The van der Waals surface area contributed by atoms with Crippen LogP contribution < -0.4 is 4.90 Å². The number of amides is 2. The van der Waals surface area contributed by atoms with Crippen molar-refractivity contribution in [1.29, 1.82) is 0 Å². The summed E-state index contributed by atoms with van der Waals surface area (Å²) < 4.78 is 4.94. The number of nitrogens with zero attached hydrogens (tertiary/aromatic N) is 3. The van der Waals surface area contributed by atoms with Crippen LogP contribution in [0.2, 0.25) is 5.02 Å². The summed E-state index contributed by atoms with van der Waals surface area (Å²) in [6.07, 6.45) is 4.63. The van der Waals surface area contributed by atoms with Crippen LogP contribution in [0.3, 0.4) is 0 Å². The van der Waals surface area contributed by atoms with Crippen molar-refractivity contribution in [1.82, 2.24) is 9.88 Å². The fourth-order valence-electron chi connectivity index (χ4n) is 3.35. The molecule has 0 aliphatic carbocycles. The number of halogens is 1. The SMILES string of the molecule is O=C1OCCN1CCc1cncc(N2CCc3cc(Cl)ccc3C2=O)c1. The topological polar surface area (TPSA) is 62.7 Å². The van der Waals surface area contributed by atoms with Gasteiger partial charge in [-0.05, 0) is 48.2 Å².